The Kier molecular flexibility index (Phi) is 5.23. The third-order valence-corrected chi connectivity index (χ3v) is 4.60. The number of hydrogen-bond donors (Lipinski definition) is 3. The maximum atomic E-state index is 9.56. The minimum atomic E-state index is -0.394. The van der Waals surface area contributed by atoms with Gasteiger partial charge in [0.15, 0.2) is 0 Å². The number of aliphatic hydroxyl groups excluding tert-OH is 1. The Balaban J connectivity index is 2.34. The highest BCUT2D eigenvalue weighted by atomic mass is 32.2. The number of rotatable bonds is 4. The second-order valence-corrected chi connectivity index (χ2v) is 5.75. The summed E-state index contributed by atoms with van der Waals surface area (Å²) >= 11 is 1.81. The lowest BCUT2D eigenvalue weighted by Crippen LogP contribution is -2.39. The first-order chi connectivity index (χ1) is 6.65. The van der Waals surface area contributed by atoms with Crippen molar-refractivity contribution in [1.29, 1.82) is 0 Å². The highest BCUT2D eigenvalue weighted by molar-refractivity contribution is 8.00. The van der Waals surface area contributed by atoms with Gasteiger partial charge < -0.3 is 16.6 Å². The molecule has 0 spiro atoms. The van der Waals surface area contributed by atoms with E-state index in [0.717, 1.165) is 6.42 Å². The average molecular weight is 218 g/mol. The van der Waals surface area contributed by atoms with E-state index in [-0.39, 0.29) is 5.25 Å². The Morgan fingerprint density at radius 2 is 2.07 bits per heavy atom. The maximum absolute atomic E-state index is 9.56. The molecule has 0 aromatic rings. The van der Waals surface area contributed by atoms with Gasteiger partial charge in [-0.25, -0.2) is 0 Å². The largest absolute Gasteiger partial charge is 0.391 e. The van der Waals surface area contributed by atoms with Gasteiger partial charge in [-0.2, -0.15) is 11.8 Å². The van der Waals surface area contributed by atoms with Crippen molar-refractivity contribution in [2.75, 3.05) is 6.54 Å². The molecule has 0 saturated heterocycles. The molecule has 1 aliphatic rings. The fraction of sp³-hybridized carbons (Fsp3) is 1.00. The Morgan fingerprint density at radius 1 is 1.43 bits per heavy atom. The standard InChI is InChI=1S/C10H22N2OS/c1-7(9(13)6-11)14-10-5-3-2-4-8(10)12/h7-10,13H,2-6,11-12H2,1H3. The van der Waals surface area contributed by atoms with Gasteiger partial charge in [-0.1, -0.05) is 19.8 Å². The lowest BCUT2D eigenvalue weighted by Gasteiger charge is -2.31. The van der Waals surface area contributed by atoms with E-state index in [4.69, 9.17) is 11.5 Å². The van der Waals surface area contributed by atoms with Gasteiger partial charge in [-0.05, 0) is 12.8 Å². The third kappa shape index (κ3) is 3.42. The molecule has 4 atom stereocenters. The molecule has 14 heavy (non-hydrogen) atoms. The van der Waals surface area contributed by atoms with E-state index < -0.39 is 6.10 Å². The molecule has 0 radical (unpaired) electrons. The van der Waals surface area contributed by atoms with E-state index in [1.165, 1.54) is 19.3 Å². The van der Waals surface area contributed by atoms with E-state index >= 15 is 0 Å². The van der Waals surface area contributed by atoms with Crippen molar-refractivity contribution in [1.82, 2.24) is 0 Å². The van der Waals surface area contributed by atoms with Crippen molar-refractivity contribution in [3.8, 4) is 0 Å². The van der Waals surface area contributed by atoms with Crippen molar-refractivity contribution in [2.45, 2.75) is 55.3 Å². The van der Waals surface area contributed by atoms with Crippen LogP contribution in [0.4, 0.5) is 0 Å². The van der Waals surface area contributed by atoms with Crippen LogP contribution in [0.25, 0.3) is 0 Å². The minimum absolute atomic E-state index is 0.203. The highest BCUT2D eigenvalue weighted by Crippen LogP contribution is 2.31. The zero-order chi connectivity index (χ0) is 10.6. The Morgan fingerprint density at radius 3 is 2.64 bits per heavy atom. The summed E-state index contributed by atoms with van der Waals surface area (Å²) in [5.74, 6) is 0. The van der Waals surface area contributed by atoms with Crippen molar-refractivity contribution < 1.29 is 5.11 Å². The summed E-state index contributed by atoms with van der Waals surface area (Å²) in [6.07, 6.45) is 4.45. The van der Waals surface area contributed by atoms with Crippen LogP contribution in [0.1, 0.15) is 32.6 Å². The van der Waals surface area contributed by atoms with Crippen LogP contribution in [0.3, 0.4) is 0 Å². The van der Waals surface area contributed by atoms with E-state index in [1.807, 2.05) is 6.92 Å². The first-order valence-electron chi connectivity index (χ1n) is 5.44. The lowest BCUT2D eigenvalue weighted by atomic mass is 9.96. The zero-order valence-electron chi connectivity index (χ0n) is 8.86. The van der Waals surface area contributed by atoms with Crippen LogP contribution in [0.15, 0.2) is 0 Å². The molecule has 0 aromatic heterocycles. The normalized spacial score (nSPS) is 32.6. The van der Waals surface area contributed by atoms with Crippen molar-refractivity contribution in [2.24, 2.45) is 11.5 Å². The molecular formula is C10H22N2OS. The molecule has 0 aliphatic heterocycles. The van der Waals surface area contributed by atoms with E-state index in [9.17, 15) is 5.11 Å². The summed E-state index contributed by atoms with van der Waals surface area (Å²) in [6, 6.07) is 0.307. The number of hydrogen-bond acceptors (Lipinski definition) is 4. The first kappa shape index (κ1) is 12.3. The van der Waals surface area contributed by atoms with Gasteiger partial charge in [0.25, 0.3) is 0 Å². The summed E-state index contributed by atoms with van der Waals surface area (Å²) in [4.78, 5) is 0. The quantitative estimate of drug-likeness (QED) is 0.649. The predicted molar refractivity (Wildman–Crippen MR) is 62.3 cm³/mol. The third-order valence-electron chi connectivity index (χ3n) is 2.93. The van der Waals surface area contributed by atoms with Crippen molar-refractivity contribution in [3.63, 3.8) is 0 Å². The second-order valence-electron chi connectivity index (χ2n) is 4.13. The van der Waals surface area contributed by atoms with Crippen LogP contribution in [-0.4, -0.2) is 34.3 Å². The van der Waals surface area contributed by atoms with Crippen LogP contribution in [0.2, 0.25) is 0 Å². The Labute approximate surface area is 90.6 Å². The monoisotopic (exact) mass is 218 g/mol. The van der Waals surface area contributed by atoms with E-state index in [0.29, 0.717) is 17.8 Å². The van der Waals surface area contributed by atoms with Gasteiger partial charge >= 0.3 is 0 Å². The van der Waals surface area contributed by atoms with E-state index in [1.54, 1.807) is 11.8 Å². The van der Waals surface area contributed by atoms with Gasteiger partial charge in [0, 0.05) is 23.1 Å². The summed E-state index contributed by atoms with van der Waals surface area (Å²) < 4.78 is 0. The molecule has 1 saturated carbocycles. The molecule has 0 heterocycles. The fourth-order valence-corrected chi connectivity index (χ4v) is 3.34. The molecule has 1 fully saturated rings. The van der Waals surface area contributed by atoms with Crippen LogP contribution in [0, 0.1) is 0 Å². The van der Waals surface area contributed by atoms with Gasteiger partial charge in [0.2, 0.25) is 0 Å². The summed E-state index contributed by atoms with van der Waals surface area (Å²) in [6.45, 7) is 2.37. The SMILES string of the molecule is CC(SC1CCCCC1N)C(O)CN. The Bertz CT molecular complexity index is 168. The molecule has 4 heteroatoms. The molecule has 4 unspecified atom stereocenters. The highest BCUT2D eigenvalue weighted by Gasteiger charge is 2.26. The Hall–Kier alpha value is 0.230. The maximum Gasteiger partial charge on any atom is 0.0778 e. The van der Waals surface area contributed by atoms with E-state index in [2.05, 4.69) is 0 Å². The van der Waals surface area contributed by atoms with Gasteiger partial charge in [-0.3, -0.25) is 0 Å². The van der Waals surface area contributed by atoms with Crippen molar-refractivity contribution in [3.05, 3.63) is 0 Å². The first-order valence-corrected chi connectivity index (χ1v) is 6.38. The second kappa shape index (κ2) is 5.95. The molecule has 1 aliphatic carbocycles. The number of nitrogens with two attached hydrogens (primary N) is 2. The fourth-order valence-electron chi connectivity index (χ4n) is 1.85. The zero-order valence-corrected chi connectivity index (χ0v) is 9.67. The number of thioether (sulfide) groups is 1. The minimum Gasteiger partial charge on any atom is -0.391 e. The molecule has 84 valence electrons. The van der Waals surface area contributed by atoms with Gasteiger partial charge in [0.05, 0.1) is 6.10 Å². The summed E-state index contributed by atoms with van der Waals surface area (Å²) in [7, 11) is 0. The smallest absolute Gasteiger partial charge is 0.0778 e. The van der Waals surface area contributed by atoms with Crippen LogP contribution < -0.4 is 11.5 Å². The van der Waals surface area contributed by atoms with Gasteiger partial charge in [0.1, 0.15) is 0 Å². The molecule has 0 amide bonds. The van der Waals surface area contributed by atoms with Gasteiger partial charge in [-0.15, -0.1) is 0 Å². The van der Waals surface area contributed by atoms with Crippen LogP contribution in [0.5, 0.6) is 0 Å². The molecule has 3 nitrogen and oxygen atoms in total. The molecule has 0 aromatic carbocycles. The molecule has 1 rings (SSSR count). The van der Waals surface area contributed by atoms with Crippen molar-refractivity contribution >= 4 is 11.8 Å². The van der Waals surface area contributed by atoms with Crippen LogP contribution >= 0.6 is 11.8 Å². The molecule has 0 bridgehead atoms. The molecule has 5 N–H and O–H groups in total. The summed E-state index contributed by atoms with van der Waals surface area (Å²) in [5.41, 5.74) is 11.5. The predicted octanol–water partition coefficient (Wildman–Crippen LogP) is 0.698. The molecular weight excluding hydrogens is 196 g/mol. The number of aliphatic hydroxyl groups is 1. The topological polar surface area (TPSA) is 72.3 Å². The average Bonchev–Trinajstić information content (AvgIpc) is 2.20. The summed E-state index contributed by atoms with van der Waals surface area (Å²) in [5, 5.41) is 10.3. The lowest BCUT2D eigenvalue weighted by molar-refractivity contribution is 0.184. The van der Waals surface area contributed by atoms with Crippen LogP contribution in [-0.2, 0) is 0 Å².